The molecule has 1 aromatic rings. The van der Waals surface area contributed by atoms with Crippen molar-refractivity contribution in [1.82, 2.24) is 13.8 Å². The molecule has 2 rings (SSSR count). The molecular weight excluding hydrogens is 266 g/mol. The number of β-amino-alcohol motifs (C(OH)–C–C–N with tert-alkyl or cyclic N) is 1. The van der Waals surface area contributed by atoms with Crippen molar-refractivity contribution in [3.63, 3.8) is 0 Å². The van der Waals surface area contributed by atoms with Crippen LogP contribution in [-0.4, -0.2) is 66.6 Å². The van der Waals surface area contributed by atoms with E-state index in [0.29, 0.717) is 13.0 Å². The molecule has 19 heavy (non-hydrogen) atoms. The van der Waals surface area contributed by atoms with E-state index in [0.717, 1.165) is 0 Å². The summed E-state index contributed by atoms with van der Waals surface area (Å²) in [5.74, 6) is 0. The molecule has 0 radical (unpaired) electrons. The Morgan fingerprint density at radius 3 is 2.68 bits per heavy atom. The van der Waals surface area contributed by atoms with Crippen LogP contribution in [0.2, 0.25) is 0 Å². The summed E-state index contributed by atoms with van der Waals surface area (Å²) in [6.45, 7) is 0.791. The first kappa shape index (κ1) is 14.5. The predicted molar refractivity (Wildman–Crippen MR) is 72.3 cm³/mol. The zero-order valence-electron chi connectivity index (χ0n) is 11.5. The Labute approximate surface area is 114 Å². The monoisotopic (exact) mass is 287 g/mol. The van der Waals surface area contributed by atoms with Crippen molar-refractivity contribution in [3.8, 4) is 0 Å². The van der Waals surface area contributed by atoms with Gasteiger partial charge >= 0.3 is 0 Å². The quantitative estimate of drug-likeness (QED) is 0.826. The van der Waals surface area contributed by atoms with E-state index in [-0.39, 0.29) is 17.5 Å². The minimum atomic E-state index is -3.52. The lowest BCUT2D eigenvalue weighted by Gasteiger charge is -2.25. The number of aryl methyl sites for hydroxylation is 1. The highest BCUT2D eigenvalue weighted by Gasteiger charge is 2.39. The minimum absolute atomic E-state index is 0.171. The van der Waals surface area contributed by atoms with E-state index in [1.54, 1.807) is 30.1 Å². The molecule has 6 nitrogen and oxygen atoms in total. The fourth-order valence-corrected chi connectivity index (χ4v) is 4.23. The third kappa shape index (κ3) is 3.00. The molecule has 0 spiro atoms. The lowest BCUT2D eigenvalue weighted by Crippen LogP contribution is -2.41. The molecule has 1 aliphatic heterocycles. The van der Waals surface area contributed by atoms with E-state index in [1.165, 1.54) is 4.31 Å². The topological polar surface area (TPSA) is 65.8 Å². The van der Waals surface area contributed by atoms with Gasteiger partial charge in [-0.05, 0) is 26.6 Å². The van der Waals surface area contributed by atoms with Gasteiger partial charge in [-0.3, -0.25) is 0 Å². The highest BCUT2D eigenvalue weighted by atomic mass is 32.2. The van der Waals surface area contributed by atoms with Crippen molar-refractivity contribution in [2.45, 2.75) is 23.5 Å². The number of aliphatic hydroxyl groups excluding tert-OH is 1. The second-order valence-electron chi connectivity index (χ2n) is 5.39. The van der Waals surface area contributed by atoms with E-state index in [1.807, 2.05) is 19.0 Å². The Morgan fingerprint density at radius 1 is 1.47 bits per heavy atom. The normalized spacial score (nSPS) is 25.3. The molecule has 0 aliphatic carbocycles. The number of sulfonamides is 1. The molecule has 2 atom stereocenters. The van der Waals surface area contributed by atoms with Gasteiger partial charge in [-0.15, -0.1) is 0 Å². The summed E-state index contributed by atoms with van der Waals surface area (Å²) in [4.78, 5) is 2.23. The van der Waals surface area contributed by atoms with Gasteiger partial charge < -0.3 is 14.6 Å². The van der Waals surface area contributed by atoms with Gasteiger partial charge in [0, 0.05) is 38.6 Å². The smallest absolute Gasteiger partial charge is 0.244 e. The second-order valence-corrected chi connectivity index (χ2v) is 7.28. The fourth-order valence-electron chi connectivity index (χ4n) is 2.51. The molecule has 2 heterocycles. The molecular formula is C12H21N3O3S. The minimum Gasteiger partial charge on any atom is -0.392 e. The van der Waals surface area contributed by atoms with E-state index in [2.05, 4.69) is 0 Å². The molecule has 1 aromatic heterocycles. The molecule has 0 aromatic carbocycles. The van der Waals surface area contributed by atoms with Crippen LogP contribution in [-0.2, 0) is 17.1 Å². The third-order valence-electron chi connectivity index (χ3n) is 3.33. The molecule has 1 fully saturated rings. The summed E-state index contributed by atoms with van der Waals surface area (Å²) in [5.41, 5.74) is 0. The number of likely N-dealkylation sites (N-methyl/N-ethyl adjacent to an activating group) is 1. The fraction of sp³-hybridized carbons (Fsp3) is 0.667. The first-order chi connectivity index (χ1) is 8.80. The van der Waals surface area contributed by atoms with Crippen LogP contribution in [0.15, 0.2) is 23.4 Å². The zero-order chi connectivity index (χ0) is 14.2. The SMILES string of the molecule is CN(C)CC1CC(O)CN1S(=O)(=O)c1ccn(C)c1. The maximum absolute atomic E-state index is 12.6. The van der Waals surface area contributed by atoms with Gasteiger partial charge in [-0.25, -0.2) is 8.42 Å². The van der Waals surface area contributed by atoms with Crippen molar-refractivity contribution in [3.05, 3.63) is 18.5 Å². The largest absolute Gasteiger partial charge is 0.392 e. The Morgan fingerprint density at radius 2 is 2.16 bits per heavy atom. The van der Waals surface area contributed by atoms with Crippen LogP contribution < -0.4 is 0 Å². The number of aromatic nitrogens is 1. The van der Waals surface area contributed by atoms with Crippen LogP contribution in [0.3, 0.4) is 0 Å². The van der Waals surface area contributed by atoms with Crippen LogP contribution in [0.5, 0.6) is 0 Å². The van der Waals surface area contributed by atoms with Gasteiger partial charge in [0.2, 0.25) is 10.0 Å². The van der Waals surface area contributed by atoms with Crippen LogP contribution in [0.25, 0.3) is 0 Å². The average Bonchev–Trinajstić information content (AvgIpc) is 2.85. The van der Waals surface area contributed by atoms with Gasteiger partial charge in [0.05, 0.1) is 11.0 Å². The molecule has 1 N–H and O–H groups in total. The van der Waals surface area contributed by atoms with Crippen molar-refractivity contribution in [2.75, 3.05) is 27.2 Å². The molecule has 0 bridgehead atoms. The van der Waals surface area contributed by atoms with Crippen LogP contribution >= 0.6 is 0 Å². The Balaban J connectivity index is 2.28. The first-order valence-corrected chi connectivity index (χ1v) is 7.71. The van der Waals surface area contributed by atoms with Gasteiger partial charge in [-0.2, -0.15) is 4.31 Å². The van der Waals surface area contributed by atoms with E-state index in [4.69, 9.17) is 0 Å². The number of hydrogen-bond donors (Lipinski definition) is 1. The number of rotatable bonds is 4. The van der Waals surface area contributed by atoms with Gasteiger partial charge in [0.25, 0.3) is 0 Å². The number of aliphatic hydroxyl groups is 1. The lowest BCUT2D eigenvalue weighted by atomic mass is 10.2. The van der Waals surface area contributed by atoms with Gasteiger partial charge in [0.15, 0.2) is 0 Å². The molecule has 1 saturated heterocycles. The average molecular weight is 287 g/mol. The Hall–Kier alpha value is -0.890. The molecule has 0 saturated carbocycles. The summed E-state index contributed by atoms with van der Waals surface area (Å²) in [7, 11) is 2.07. The van der Waals surface area contributed by atoms with Gasteiger partial charge in [0.1, 0.15) is 0 Å². The summed E-state index contributed by atoms with van der Waals surface area (Å²) in [6.07, 6.45) is 3.21. The molecule has 2 unspecified atom stereocenters. The summed E-state index contributed by atoms with van der Waals surface area (Å²) in [5, 5.41) is 9.77. The first-order valence-electron chi connectivity index (χ1n) is 6.27. The molecule has 0 amide bonds. The van der Waals surface area contributed by atoms with E-state index in [9.17, 15) is 13.5 Å². The lowest BCUT2D eigenvalue weighted by molar-refractivity contribution is 0.188. The van der Waals surface area contributed by atoms with Crippen molar-refractivity contribution >= 4 is 10.0 Å². The van der Waals surface area contributed by atoms with Crippen molar-refractivity contribution in [1.29, 1.82) is 0 Å². The number of hydrogen-bond acceptors (Lipinski definition) is 4. The maximum atomic E-state index is 12.6. The van der Waals surface area contributed by atoms with Crippen LogP contribution in [0.1, 0.15) is 6.42 Å². The highest BCUT2D eigenvalue weighted by Crippen LogP contribution is 2.26. The van der Waals surface area contributed by atoms with Crippen LogP contribution in [0.4, 0.5) is 0 Å². The summed E-state index contributed by atoms with van der Waals surface area (Å²) >= 11 is 0. The predicted octanol–water partition coefficient (Wildman–Crippen LogP) is -0.289. The molecule has 1 aliphatic rings. The Kier molecular flexibility index (Phi) is 4.00. The summed E-state index contributed by atoms with van der Waals surface area (Å²) in [6, 6.07) is 1.42. The van der Waals surface area contributed by atoms with Crippen LogP contribution in [0, 0.1) is 0 Å². The highest BCUT2D eigenvalue weighted by molar-refractivity contribution is 7.89. The van der Waals surface area contributed by atoms with Crippen molar-refractivity contribution < 1.29 is 13.5 Å². The second kappa shape index (κ2) is 5.24. The van der Waals surface area contributed by atoms with E-state index >= 15 is 0 Å². The van der Waals surface area contributed by atoms with Crippen molar-refractivity contribution in [2.24, 2.45) is 7.05 Å². The zero-order valence-corrected chi connectivity index (χ0v) is 12.3. The van der Waals surface area contributed by atoms with E-state index < -0.39 is 16.1 Å². The molecule has 7 heteroatoms. The maximum Gasteiger partial charge on any atom is 0.244 e. The molecule has 108 valence electrons. The third-order valence-corrected chi connectivity index (χ3v) is 5.23. The Bertz CT molecular complexity index is 538. The van der Waals surface area contributed by atoms with Gasteiger partial charge in [-0.1, -0.05) is 0 Å². The summed E-state index contributed by atoms with van der Waals surface area (Å²) < 4.78 is 28.3. The standard InChI is InChI=1S/C12H21N3O3S/c1-13(2)7-10-6-11(16)8-15(10)19(17,18)12-4-5-14(3)9-12/h4-5,9-11,16H,6-8H2,1-3H3. The number of nitrogens with zero attached hydrogens (tertiary/aromatic N) is 3.